The Kier molecular flexibility index (Phi) is 7.49. The summed E-state index contributed by atoms with van der Waals surface area (Å²) < 4.78 is 22.4. The molecule has 1 heterocycles. The molecule has 9 heteroatoms. The normalized spacial score (nSPS) is 10.8. The molecular formula is C21H22BrFN4O2S. The summed E-state index contributed by atoms with van der Waals surface area (Å²) in [6.45, 7) is 6.91. The Balaban J connectivity index is 1.62. The van der Waals surface area contributed by atoms with Crippen molar-refractivity contribution in [3.05, 3.63) is 63.6 Å². The Labute approximate surface area is 187 Å². The number of halogens is 2. The molecule has 0 saturated carbocycles. The molecule has 158 valence electrons. The first-order chi connectivity index (χ1) is 14.4. The maximum absolute atomic E-state index is 13.9. The fourth-order valence-electron chi connectivity index (χ4n) is 2.92. The number of carbonyl (C=O) groups is 1. The van der Waals surface area contributed by atoms with E-state index in [4.69, 9.17) is 4.74 Å². The molecule has 0 fully saturated rings. The molecule has 0 aliphatic carbocycles. The minimum atomic E-state index is -0.495. The van der Waals surface area contributed by atoms with Gasteiger partial charge in [-0.2, -0.15) is 0 Å². The van der Waals surface area contributed by atoms with E-state index in [0.717, 1.165) is 16.9 Å². The second-order valence-electron chi connectivity index (χ2n) is 6.61. The minimum absolute atomic E-state index is 0.0887. The first-order valence-corrected chi connectivity index (χ1v) is 11.2. The monoisotopic (exact) mass is 492 g/mol. The molecule has 0 atom stereocenters. The molecule has 3 rings (SSSR count). The van der Waals surface area contributed by atoms with Crippen LogP contribution in [-0.4, -0.2) is 26.4 Å². The summed E-state index contributed by atoms with van der Waals surface area (Å²) in [5, 5.41) is 11.6. The summed E-state index contributed by atoms with van der Waals surface area (Å²) in [4.78, 5) is 12.2. The lowest BCUT2D eigenvalue weighted by molar-refractivity contribution is -0.113. The van der Waals surface area contributed by atoms with E-state index in [-0.39, 0.29) is 24.0 Å². The molecule has 0 unspecified atom stereocenters. The van der Waals surface area contributed by atoms with Gasteiger partial charge in [0.25, 0.3) is 0 Å². The fraction of sp³-hybridized carbons (Fsp3) is 0.286. The van der Waals surface area contributed by atoms with Gasteiger partial charge >= 0.3 is 0 Å². The number of para-hydroxylation sites is 1. The maximum atomic E-state index is 13.9. The van der Waals surface area contributed by atoms with Gasteiger partial charge in [-0.05, 0) is 50.1 Å². The average molecular weight is 493 g/mol. The van der Waals surface area contributed by atoms with Crippen LogP contribution in [0.15, 0.2) is 46.0 Å². The van der Waals surface area contributed by atoms with Crippen LogP contribution in [-0.2, 0) is 17.9 Å². The van der Waals surface area contributed by atoms with Crippen molar-refractivity contribution in [2.24, 2.45) is 0 Å². The minimum Gasteiger partial charge on any atom is -0.485 e. The molecule has 30 heavy (non-hydrogen) atoms. The molecule has 6 nitrogen and oxygen atoms in total. The molecule has 0 radical (unpaired) electrons. The molecule has 0 spiro atoms. The second kappa shape index (κ2) is 10.1. The largest absolute Gasteiger partial charge is 0.485 e. The molecule has 0 aliphatic rings. The zero-order valence-electron chi connectivity index (χ0n) is 16.9. The molecule has 1 amide bonds. The summed E-state index contributed by atoms with van der Waals surface area (Å²) in [7, 11) is 0. The number of aryl methyl sites for hydroxylation is 2. The van der Waals surface area contributed by atoms with Gasteiger partial charge in [0.2, 0.25) is 5.91 Å². The van der Waals surface area contributed by atoms with Crippen LogP contribution < -0.4 is 10.1 Å². The number of benzene rings is 2. The molecular weight excluding hydrogens is 471 g/mol. The van der Waals surface area contributed by atoms with Gasteiger partial charge in [-0.3, -0.25) is 4.79 Å². The van der Waals surface area contributed by atoms with Crippen molar-refractivity contribution >= 4 is 39.3 Å². The average Bonchev–Trinajstić information content (AvgIpc) is 3.10. The Morgan fingerprint density at radius 1 is 1.23 bits per heavy atom. The summed E-state index contributed by atoms with van der Waals surface area (Å²) >= 11 is 4.44. The van der Waals surface area contributed by atoms with Crippen LogP contribution in [0.2, 0.25) is 0 Å². The third-order valence-electron chi connectivity index (χ3n) is 4.40. The standard InChI is InChI=1S/C21H22BrFN4O2S/c1-4-27-18(11-29-20-13(2)6-5-7-14(20)3)25-26-21(27)30-12-19(28)24-17-9-8-15(22)10-16(17)23/h5-10H,4,11-12H2,1-3H3,(H,24,28). The highest BCUT2D eigenvalue weighted by Crippen LogP contribution is 2.25. The predicted octanol–water partition coefficient (Wildman–Crippen LogP) is 5.13. The summed E-state index contributed by atoms with van der Waals surface area (Å²) in [5.74, 6) is 0.798. The van der Waals surface area contributed by atoms with E-state index in [9.17, 15) is 9.18 Å². The zero-order chi connectivity index (χ0) is 21.7. The van der Waals surface area contributed by atoms with Crippen molar-refractivity contribution in [3.8, 4) is 5.75 Å². The highest BCUT2D eigenvalue weighted by molar-refractivity contribution is 9.10. The number of nitrogens with zero attached hydrogens (tertiary/aromatic N) is 3. The van der Waals surface area contributed by atoms with Crippen LogP contribution in [0.5, 0.6) is 5.75 Å². The van der Waals surface area contributed by atoms with Crippen LogP contribution in [0.4, 0.5) is 10.1 Å². The summed E-state index contributed by atoms with van der Waals surface area (Å²) in [6, 6.07) is 10.5. The summed E-state index contributed by atoms with van der Waals surface area (Å²) in [6.07, 6.45) is 0. The van der Waals surface area contributed by atoms with E-state index in [1.807, 2.05) is 43.5 Å². The number of hydrogen-bond acceptors (Lipinski definition) is 5. The molecule has 2 aromatic carbocycles. The highest BCUT2D eigenvalue weighted by atomic mass is 79.9. The number of rotatable bonds is 8. The molecule has 1 N–H and O–H groups in total. The van der Waals surface area contributed by atoms with Crippen molar-refractivity contribution in [2.75, 3.05) is 11.1 Å². The van der Waals surface area contributed by atoms with Crippen LogP contribution in [0.1, 0.15) is 23.9 Å². The lowest BCUT2D eigenvalue weighted by atomic mass is 10.1. The molecule has 3 aromatic rings. The molecule has 0 saturated heterocycles. The number of ether oxygens (including phenoxy) is 1. The van der Waals surface area contributed by atoms with E-state index in [0.29, 0.717) is 22.0 Å². The topological polar surface area (TPSA) is 69.0 Å². The Hall–Kier alpha value is -2.39. The van der Waals surface area contributed by atoms with Gasteiger partial charge in [-0.1, -0.05) is 45.9 Å². The number of nitrogens with one attached hydrogen (secondary N) is 1. The lowest BCUT2D eigenvalue weighted by Gasteiger charge is -2.12. The molecule has 0 bridgehead atoms. The van der Waals surface area contributed by atoms with Gasteiger partial charge in [0, 0.05) is 11.0 Å². The first-order valence-electron chi connectivity index (χ1n) is 9.37. The van der Waals surface area contributed by atoms with E-state index < -0.39 is 5.82 Å². The van der Waals surface area contributed by atoms with Crippen molar-refractivity contribution in [3.63, 3.8) is 0 Å². The number of thioether (sulfide) groups is 1. The van der Waals surface area contributed by atoms with Gasteiger partial charge in [0.05, 0.1) is 11.4 Å². The number of anilines is 1. The van der Waals surface area contributed by atoms with Crippen molar-refractivity contribution in [1.29, 1.82) is 0 Å². The van der Waals surface area contributed by atoms with Gasteiger partial charge in [-0.25, -0.2) is 4.39 Å². The SMILES string of the molecule is CCn1c(COc2c(C)cccc2C)nnc1SCC(=O)Nc1ccc(Br)cc1F. The fourth-order valence-corrected chi connectivity index (χ4v) is 4.08. The van der Waals surface area contributed by atoms with Gasteiger partial charge in [0.15, 0.2) is 11.0 Å². The van der Waals surface area contributed by atoms with Crippen molar-refractivity contribution < 1.29 is 13.9 Å². The van der Waals surface area contributed by atoms with Crippen LogP contribution in [0.25, 0.3) is 0 Å². The quantitative estimate of drug-likeness (QED) is 0.441. The second-order valence-corrected chi connectivity index (χ2v) is 8.47. The first kappa shape index (κ1) is 22.3. The Morgan fingerprint density at radius 2 is 1.97 bits per heavy atom. The van der Waals surface area contributed by atoms with Crippen LogP contribution >= 0.6 is 27.7 Å². The Bertz CT molecular complexity index is 1040. The zero-order valence-corrected chi connectivity index (χ0v) is 19.3. The number of amides is 1. The molecule has 0 aliphatic heterocycles. The number of aromatic nitrogens is 3. The highest BCUT2D eigenvalue weighted by Gasteiger charge is 2.15. The van der Waals surface area contributed by atoms with E-state index in [2.05, 4.69) is 31.4 Å². The van der Waals surface area contributed by atoms with Crippen LogP contribution in [0.3, 0.4) is 0 Å². The van der Waals surface area contributed by atoms with E-state index in [1.165, 1.54) is 23.9 Å². The Morgan fingerprint density at radius 3 is 2.63 bits per heavy atom. The van der Waals surface area contributed by atoms with Gasteiger partial charge < -0.3 is 14.6 Å². The number of hydrogen-bond donors (Lipinski definition) is 1. The molecule has 1 aromatic heterocycles. The van der Waals surface area contributed by atoms with Gasteiger partial charge in [0.1, 0.15) is 18.2 Å². The third kappa shape index (κ3) is 5.40. The van der Waals surface area contributed by atoms with Crippen LogP contribution in [0, 0.1) is 19.7 Å². The van der Waals surface area contributed by atoms with Gasteiger partial charge in [-0.15, -0.1) is 10.2 Å². The number of carbonyl (C=O) groups excluding carboxylic acids is 1. The summed E-state index contributed by atoms with van der Waals surface area (Å²) in [5.41, 5.74) is 2.26. The van der Waals surface area contributed by atoms with Crippen molar-refractivity contribution in [2.45, 2.75) is 39.1 Å². The van der Waals surface area contributed by atoms with E-state index >= 15 is 0 Å². The third-order valence-corrected chi connectivity index (χ3v) is 5.86. The predicted molar refractivity (Wildman–Crippen MR) is 119 cm³/mol. The lowest BCUT2D eigenvalue weighted by Crippen LogP contribution is -2.16. The maximum Gasteiger partial charge on any atom is 0.234 e. The van der Waals surface area contributed by atoms with E-state index in [1.54, 1.807) is 6.07 Å². The van der Waals surface area contributed by atoms with Crippen molar-refractivity contribution in [1.82, 2.24) is 14.8 Å². The smallest absolute Gasteiger partial charge is 0.234 e.